The lowest BCUT2D eigenvalue weighted by Crippen LogP contribution is -2.50. The first-order chi connectivity index (χ1) is 17.7. The van der Waals surface area contributed by atoms with Crippen LogP contribution in [-0.2, 0) is 17.8 Å². The molecule has 4 heterocycles. The van der Waals surface area contributed by atoms with Crippen molar-refractivity contribution in [1.82, 2.24) is 24.7 Å². The number of ether oxygens (including phenoxy) is 1. The lowest BCUT2D eigenvalue weighted by molar-refractivity contribution is 0.174. The lowest BCUT2D eigenvalue weighted by atomic mass is 9.73. The third kappa shape index (κ3) is 5.40. The second kappa shape index (κ2) is 10.6. The van der Waals surface area contributed by atoms with Crippen molar-refractivity contribution in [3.8, 4) is 5.88 Å². The largest absolute Gasteiger partial charge is 0.598 e. The molecule has 1 aliphatic carbocycles. The number of nitrogens with one attached hydrogen (secondary N) is 1. The number of anilines is 1. The quantitative estimate of drug-likeness (QED) is 0.418. The summed E-state index contributed by atoms with van der Waals surface area (Å²) in [7, 11) is 1.54. The smallest absolute Gasteiger partial charge is 0.233 e. The van der Waals surface area contributed by atoms with E-state index in [1.54, 1.807) is 19.5 Å². The third-order valence-electron chi connectivity index (χ3n) is 7.06. The Morgan fingerprint density at radius 3 is 2.59 bits per heavy atom. The molecule has 196 valence electrons. The molecule has 11 heteroatoms. The Hall–Kier alpha value is -2.11. The predicted octanol–water partition coefficient (Wildman–Crippen LogP) is 5.02. The molecule has 0 radical (unpaired) electrons. The molecule has 1 spiro atoms. The van der Waals surface area contributed by atoms with Gasteiger partial charge in [0.05, 0.1) is 25.2 Å². The molecule has 0 amide bonds. The van der Waals surface area contributed by atoms with Crippen LogP contribution in [0.15, 0.2) is 52.9 Å². The normalized spacial score (nSPS) is 19.6. The maximum Gasteiger partial charge on any atom is 0.233 e. The van der Waals surface area contributed by atoms with Crippen LogP contribution in [0.2, 0.25) is 5.02 Å². The molecule has 2 aliphatic rings. The van der Waals surface area contributed by atoms with Crippen molar-refractivity contribution in [3.05, 3.63) is 59.3 Å². The van der Waals surface area contributed by atoms with Crippen molar-refractivity contribution < 1.29 is 9.29 Å². The summed E-state index contributed by atoms with van der Waals surface area (Å²) in [5.41, 5.74) is 2.28. The standard InChI is InChI=1S/C26H31ClN6O2S2/c1-25(2,3)37(34)32-23-22-17(6-5-10-28-22)14-26(23)8-12-33(13-9-26)19-15-31-20(16-30-19)36-18-7-11-29-24(35-4)21(18)27/h5-7,10-11,15-16,23,32H,8-9,12-14H2,1-4H3/t23-,37?/m1/s1. The zero-order chi connectivity index (χ0) is 26.2. The molecular formula is C26H31ClN6O2S2. The molecule has 0 bridgehead atoms. The van der Waals surface area contributed by atoms with Gasteiger partial charge in [0.25, 0.3) is 0 Å². The molecule has 2 atom stereocenters. The number of aromatic nitrogens is 4. The number of fused-ring (bicyclic) bond motifs is 1. The molecule has 1 unspecified atom stereocenters. The highest BCUT2D eigenvalue weighted by Gasteiger charge is 2.51. The van der Waals surface area contributed by atoms with Crippen LogP contribution in [0, 0.1) is 5.41 Å². The van der Waals surface area contributed by atoms with Gasteiger partial charge in [-0.25, -0.2) is 15.0 Å². The second-order valence-corrected chi connectivity index (χ2v) is 13.9. The van der Waals surface area contributed by atoms with Gasteiger partial charge in [-0.2, -0.15) is 0 Å². The average Bonchev–Trinajstić information content (AvgIpc) is 3.18. The van der Waals surface area contributed by atoms with E-state index >= 15 is 0 Å². The minimum atomic E-state index is -1.18. The predicted molar refractivity (Wildman–Crippen MR) is 148 cm³/mol. The van der Waals surface area contributed by atoms with E-state index in [2.05, 4.69) is 25.7 Å². The van der Waals surface area contributed by atoms with Crippen molar-refractivity contribution in [1.29, 1.82) is 0 Å². The highest BCUT2D eigenvalue weighted by molar-refractivity contribution is 7.99. The van der Waals surface area contributed by atoms with Crippen LogP contribution in [0.3, 0.4) is 0 Å². The van der Waals surface area contributed by atoms with Gasteiger partial charge in [0.1, 0.15) is 26.7 Å². The zero-order valence-corrected chi connectivity index (χ0v) is 23.8. The third-order valence-corrected chi connectivity index (χ3v) is 10.1. The molecule has 8 nitrogen and oxygen atoms in total. The number of pyridine rings is 2. The van der Waals surface area contributed by atoms with Gasteiger partial charge >= 0.3 is 0 Å². The van der Waals surface area contributed by atoms with Gasteiger partial charge in [0.15, 0.2) is 0 Å². The van der Waals surface area contributed by atoms with E-state index in [4.69, 9.17) is 26.3 Å². The Morgan fingerprint density at radius 2 is 1.92 bits per heavy atom. The fourth-order valence-corrected chi connectivity index (χ4v) is 6.99. The minimum absolute atomic E-state index is 0.0194. The monoisotopic (exact) mass is 558 g/mol. The van der Waals surface area contributed by atoms with Crippen LogP contribution in [0.4, 0.5) is 5.82 Å². The van der Waals surface area contributed by atoms with E-state index in [0.29, 0.717) is 10.9 Å². The Balaban J connectivity index is 1.28. The summed E-state index contributed by atoms with van der Waals surface area (Å²) in [6.07, 6.45) is 9.95. The summed E-state index contributed by atoms with van der Waals surface area (Å²) < 4.78 is 21.4. The maximum atomic E-state index is 13.1. The van der Waals surface area contributed by atoms with Crippen LogP contribution in [0.25, 0.3) is 0 Å². The van der Waals surface area contributed by atoms with Gasteiger partial charge < -0.3 is 14.2 Å². The Morgan fingerprint density at radius 1 is 1.14 bits per heavy atom. The molecule has 0 saturated carbocycles. The number of hydrogen-bond donors (Lipinski definition) is 1. The summed E-state index contributed by atoms with van der Waals surface area (Å²) in [6, 6.07) is 5.96. The Kier molecular flexibility index (Phi) is 7.57. The first-order valence-corrected chi connectivity index (χ1v) is 14.6. The highest BCUT2D eigenvalue weighted by Crippen LogP contribution is 2.52. The van der Waals surface area contributed by atoms with Gasteiger partial charge in [-0.1, -0.05) is 29.4 Å². The lowest BCUT2D eigenvalue weighted by Gasteiger charge is -2.43. The summed E-state index contributed by atoms with van der Waals surface area (Å²) in [5, 5.41) is 1.21. The van der Waals surface area contributed by atoms with E-state index in [-0.39, 0.29) is 16.2 Å². The van der Waals surface area contributed by atoms with E-state index < -0.39 is 11.4 Å². The van der Waals surface area contributed by atoms with Crippen molar-refractivity contribution >= 4 is 40.5 Å². The van der Waals surface area contributed by atoms with E-state index in [9.17, 15) is 4.55 Å². The fraction of sp³-hybridized carbons (Fsp3) is 0.462. The van der Waals surface area contributed by atoms with E-state index in [1.165, 1.54) is 17.3 Å². The number of piperidine rings is 1. The second-order valence-electron chi connectivity index (χ2n) is 10.5. The molecule has 3 aromatic rings. The topological polar surface area (TPSA) is 99.1 Å². The summed E-state index contributed by atoms with van der Waals surface area (Å²) in [6.45, 7) is 7.70. The van der Waals surface area contributed by atoms with Gasteiger partial charge in [-0.05, 0) is 57.7 Å². The summed E-state index contributed by atoms with van der Waals surface area (Å²) in [5.74, 6) is 1.25. The van der Waals surface area contributed by atoms with Crippen LogP contribution < -0.4 is 14.4 Å². The van der Waals surface area contributed by atoms with Crippen LogP contribution in [-0.4, -0.2) is 49.4 Å². The molecule has 3 aromatic heterocycles. The van der Waals surface area contributed by atoms with Gasteiger partial charge in [-0.15, -0.1) is 4.72 Å². The van der Waals surface area contributed by atoms with Crippen molar-refractivity contribution in [2.45, 2.75) is 60.7 Å². The number of rotatable bonds is 6. The Bertz CT molecular complexity index is 1250. The van der Waals surface area contributed by atoms with Crippen molar-refractivity contribution in [2.24, 2.45) is 5.41 Å². The van der Waals surface area contributed by atoms with Gasteiger partial charge in [-0.3, -0.25) is 4.98 Å². The highest BCUT2D eigenvalue weighted by atomic mass is 35.5. The molecule has 1 fully saturated rings. The molecule has 1 aliphatic heterocycles. The number of methoxy groups -OCH3 is 1. The fourth-order valence-electron chi connectivity index (χ4n) is 5.01. The first-order valence-electron chi connectivity index (χ1n) is 12.3. The molecular weight excluding hydrogens is 528 g/mol. The van der Waals surface area contributed by atoms with Crippen LogP contribution >= 0.6 is 23.4 Å². The van der Waals surface area contributed by atoms with E-state index in [0.717, 1.165) is 53.8 Å². The molecule has 5 rings (SSSR count). The number of nitrogens with zero attached hydrogens (tertiary/aromatic N) is 5. The SMILES string of the molecule is COc1nccc(Sc2cnc(N3CCC4(CC3)Cc3cccnc3[C@H]4N[S+]([O-])C(C)(C)C)cn2)c1Cl. The Labute approximate surface area is 230 Å². The molecule has 1 N–H and O–H groups in total. The minimum Gasteiger partial charge on any atom is -0.598 e. The first kappa shape index (κ1) is 26.5. The zero-order valence-electron chi connectivity index (χ0n) is 21.4. The van der Waals surface area contributed by atoms with E-state index in [1.807, 2.05) is 45.3 Å². The van der Waals surface area contributed by atoms with Crippen molar-refractivity contribution in [2.75, 3.05) is 25.1 Å². The van der Waals surface area contributed by atoms with Gasteiger partial charge in [0, 0.05) is 47.2 Å². The van der Waals surface area contributed by atoms with Crippen LogP contribution in [0.5, 0.6) is 5.88 Å². The maximum absolute atomic E-state index is 13.1. The summed E-state index contributed by atoms with van der Waals surface area (Å²) >= 11 is 6.63. The molecule has 0 aromatic carbocycles. The number of halogens is 1. The number of hydrogen-bond acceptors (Lipinski definition) is 9. The van der Waals surface area contributed by atoms with Gasteiger partial charge in [0.2, 0.25) is 5.88 Å². The average molecular weight is 559 g/mol. The summed E-state index contributed by atoms with van der Waals surface area (Å²) in [4.78, 5) is 21.2. The van der Waals surface area contributed by atoms with Crippen LogP contribution in [0.1, 0.15) is 50.9 Å². The van der Waals surface area contributed by atoms with Crippen molar-refractivity contribution in [3.63, 3.8) is 0 Å². The molecule has 1 saturated heterocycles. The molecule has 37 heavy (non-hydrogen) atoms.